The van der Waals surface area contributed by atoms with Gasteiger partial charge in [0.2, 0.25) is 0 Å². The van der Waals surface area contributed by atoms with Gasteiger partial charge in [-0.2, -0.15) is 0 Å². The maximum atomic E-state index is 10.4. The minimum Gasteiger partial charge on any atom is -0.480 e. The number of carbonyl (C=O) groups is 1. The number of carboxylic acid groups (broad SMARTS) is 1. The lowest BCUT2D eigenvalue weighted by atomic mass is 10.1. The van der Waals surface area contributed by atoms with Crippen LogP contribution in [0.25, 0.3) is 0 Å². The second-order valence-corrected chi connectivity index (χ2v) is 2.32. The van der Waals surface area contributed by atoms with E-state index in [1.165, 1.54) is 0 Å². The fourth-order valence-electron chi connectivity index (χ4n) is 0.800. The lowest BCUT2D eigenvalue weighted by Crippen LogP contribution is -2.33. The van der Waals surface area contributed by atoms with Gasteiger partial charge in [0.05, 0.1) is 0 Å². The summed E-state index contributed by atoms with van der Waals surface area (Å²) in [6.07, 6.45) is 2.74. The minimum atomic E-state index is -0.754. The number of unbranched alkanes of at least 4 members (excludes halogenated alkanes) is 1. The number of rotatable bonds is 5. The zero-order chi connectivity index (χ0) is 12.0. The Bertz CT molecular complexity index is 105. The summed E-state index contributed by atoms with van der Waals surface area (Å²) in [5.74, 6) is -0.754. The highest BCUT2D eigenvalue weighted by Gasteiger charge is 2.12. The van der Waals surface area contributed by atoms with Crippen molar-refractivity contribution in [3.63, 3.8) is 0 Å². The largest absolute Gasteiger partial charge is 0.480 e. The van der Waals surface area contributed by atoms with Gasteiger partial charge in [-0.25, -0.2) is 0 Å². The van der Waals surface area contributed by atoms with Gasteiger partial charge in [0.25, 0.3) is 0 Å². The van der Waals surface area contributed by atoms with E-state index in [1.807, 2.05) is 27.7 Å². The smallest absolute Gasteiger partial charge is 0.320 e. The van der Waals surface area contributed by atoms with Crippen molar-refractivity contribution in [1.82, 2.24) is 5.32 Å². The van der Waals surface area contributed by atoms with Gasteiger partial charge in [0, 0.05) is 0 Å². The van der Waals surface area contributed by atoms with Crippen LogP contribution in [-0.2, 0) is 4.79 Å². The number of nitrogens with one attached hydrogen (secondary N) is 1. The molecule has 14 heavy (non-hydrogen) atoms. The van der Waals surface area contributed by atoms with E-state index >= 15 is 0 Å². The Hall–Kier alpha value is -0.570. The second-order valence-electron chi connectivity index (χ2n) is 2.32. The fourth-order valence-corrected chi connectivity index (χ4v) is 0.800. The Balaban J connectivity index is -0.000000266. The van der Waals surface area contributed by atoms with Crippen LogP contribution in [0.5, 0.6) is 0 Å². The van der Waals surface area contributed by atoms with Crippen molar-refractivity contribution in [3.8, 4) is 0 Å². The molecule has 0 aliphatic heterocycles. The van der Waals surface area contributed by atoms with Crippen LogP contribution in [0, 0.1) is 0 Å². The molecule has 3 heteroatoms. The molecule has 1 atom stereocenters. The van der Waals surface area contributed by atoms with Gasteiger partial charge in [-0.05, 0) is 13.5 Å². The highest BCUT2D eigenvalue weighted by atomic mass is 16.4. The molecule has 0 rings (SSSR count). The Kier molecular flexibility index (Phi) is 24.9. The van der Waals surface area contributed by atoms with Crippen molar-refractivity contribution in [2.45, 2.75) is 59.9 Å². The van der Waals surface area contributed by atoms with Gasteiger partial charge in [-0.3, -0.25) is 4.79 Å². The van der Waals surface area contributed by atoms with E-state index in [0.717, 1.165) is 19.3 Å². The summed E-state index contributed by atoms with van der Waals surface area (Å²) in [4.78, 5) is 10.4. The molecular weight excluding hydrogens is 178 g/mol. The first kappa shape index (κ1) is 19.1. The summed E-state index contributed by atoms with van der Waals surface area (Å²) in [7, 11) is 1.68. The fraction of sp³-hybridized carbons (Fsp3) is 0.909. The Morgan fingerprint density at radius 1 is 1.29 bits per heavy atom. The molecule has 0 bridgehead atoms. The summed E-state index contributed by atoms with van der Waals surface area (Å²) in [5.41, 5.74) is 0. The average Bonchev–Trinajstić information content (AvgIpc) is 2.24. The first-order valence-corrected chi connectivity index (χ1v) is 5.62. The summed E-state index contributed by atoms with van der Waals surface area (Å²) in [6.45, 7) is 10.1. The molecule has 0 aliphatic carbocycles. The van der Waals surface area contributed by atoms with Crippen LogP contribution in [0.2, 0.25) is 0 Å². The van der Waals surface area contributed by atoms with Gasteiger partial charge in [-0.1, -0.05) is 47.5 Å². The van der Waals surface area contributed by atoms with Crippen molar-refractivity contribution in [3.05, 3.63) is 0 Å². The zero-order valence-corrected chi connectivity index (χ0v) is 10.6. The Morgan fingerprint density at radius 2 is 1.71 bits per heavy atom. The van der Waals surface area contributed by atoms with Crippen molar-refractivity contribution in [2.24, 2.45) is 0 Å². The molecule has 0 aromatic rings. The van der Waals surface area contributed by atoms with Crippen molar-refractivity contribution in [2.75, 3.05) is 7.05 Å². The number of carboxylic acids is 1. The topological polar surface area (TPSA) is 49.3 Å². The predicted octanol–water partition coefficient (Wildman–Crippen LogP) is 2.90. The lowest BCUT2D eigenvalue weighted by molar-refractivity contribution is -0.139. The summed E-state index contributed by atoms with van der Waals surface area (Å²) >= 11 is 0. The Labute approximate surface area is 88.9 Å². The maximum absolute atomic E-state index is 10.4. The maximum Gasteiger partial charge on any atom is 0.320 e. The van der Waals surface area contributed by atoms with Gasteiger partial charge in [0.1, 0.15) is 6.04 Å². The first-order valence-electron chi connectivity index (χ1n) is 5.62. The summed E-state index contributed by atoms with van der Waals surface area (Å²) < 4.78 is 0. The van der Waals surface area contributed by atoms with E-state index < -0.39 is 5.97 Å². The monoisotopic (exact) mass is 205 g/mol. The molecule has 0 heterocycles. The Morgan fingerprint density at radius 3 is 1.93 bits per heavy atom. The third-order valence-corrected chi connectivity index (χ3v) is 1.49. The number of hydrogen-bond acceptors (Lipinski definition) is 2. The molecule has 0 spiro atoms. The van der Waals surface area contributed by atoms with Gasteiger partial charge in [0.15, 0.2) is 0 Å². The van der Waals surface area contributed by atoms with Crippen molar-refractivity contribution < 1.29 is 9.90 Å². The lowest BCUT2D eigenvalue weighted by Gasteiger charge is -2.08. The van der Waals surface area contributed by atoms with E-state index in [-0.39, 0.29) is 6.04 Å². The molecule has 0 saturated heterocycles. The molecule has 3 nitrogen and oxygen atoms in total. The van der Waals surface area contributed by atoms with Crippen LogP contribution in [0.3, 0.4) is 0 Å². The van der Waals surface area contributed by atoms with Gasteiger partial charge in [-0.15, -0.1) is 0 Å². The van der Waals surface area contributed by atoms with E-state index in [9.17, 15) is 4.79 Å². The molecule has 2 N–H and O–H groups in total. The van der Waals surface area contributed by atoms with E-state index in [0.29, 0.717) is 0 Å². The summed E-state index contributed by atoms with van der Waals surface area (Å²) in [5, 5.41) is 11.3. The van der Waals surface area contributed by atoms with Crippen LogP contribution < -0.4 is 5.32 Å². The van der Waals surface area contributed by atoms with Crippen LogP contribution >= 0.6 is 0 Å². The molecule has 0 aliphatic rings. The highest BCUT2D eigenvalue weighted by Crippen LogP contribution is 1.99. The van der Waals surface area contributed by atoms with Gasteiger partial charge >= 0.3 is 5.97 Å². The molecular formula is C11H27NO2. The molecule has 0 radical (unpaired) electrons. The second kappa shape index (κ2) is 18.3. The highest BCUT2D eigenvalue weighted by molar-refractivity contribution is 5.73. The van der Waals surface area contributed by atoms with Crippen molar-refractivity contribution >= 4 is 5.97 Å². The third kappa shape index (κ3) is 14.0. The summed E-state index contributed by atoms with van der Waals surface area (Å²) in [6, 6.07) is -0.361. The number of likely N-dealkylation sites (N-methyl/N-ethyl adjacent to an activating group) is 1. The predicted molar refractivity (Wildman–Crippen MR) is 62.7 cm³/mol. The SMILES string of the molecule is CC.CC.CCCCC(NC)C(=O)O. The van der Waals surface area contributed by atoms with Crippen LogP contribution in [0.15, 0.2) is 0 Å². The van der Waals surface area contributed by atoms with Crippen LogP contribution in [0.1, 0.15) is 53.9 Å². The average molecular weight is 205 g/mol. The molecule has 0 aromatic heterocycles. The van der Waals surface area contributed by atoms with E-state index in [4.69, 9.17) is 5.11 Å². The molecule has 0 fully saturated rings. The molecule has 0 amide bonds. The van der Waals surface area contributed by atoms with Crippen LogP contribution in [0.4, 0.5) is 0 Å². The number of hydrogen-bond donors (Lipinski definition) is 2. The minimum absolute atomic E-state index is 0.361. The van der Waals surface area contributed by atoms with Gasteiger partial charge < -0.3 is 10.4 Å². The molecule has 88 valence electrons. The van der Waals surface area contributed by atoms with E-state index in [2.05, 4.69) is 12.2 Å². The quantitative estimate of drug-likeness (QED) is 0.725. The standard InChI is InChI=1S/C7H15NO2.2C2H6/c1-3-4-5-6(8-2)7(9)10;2*1-2/h6,8H,3-5H2,1-2H3,(H,9,10);2*1-2H3. The molecule has 0 saturated carbocycles. The number of aliphatic carboxylic acids is 1. The molecule has 0 aromatic carbocycles. The third-order valence-electron chi connectivity index (χ3n) is 1.49. The van der Waals surface area contributed by atoms with E-state index in [1.54, 1.807) is 7.05 Å². The normalized spacial score (nSPS) is 10.1. The first-order chi connectivity index (χ1) is 6.72. The molecule has 1 unspecified atom stereocenters. The zero-order valence-electron chi connectivity index (χ0n) is 10.6. The van der Waals surface area contributed by atoms with Crippen molar-refractivity contribution in [1.29, 1.82) is 0 Å². The van der Waals surface area contributed by atoms with Crippen LogP contribution in [-0.4, -0.2) is 24.2 Å².